The number of rotatable bonds is 4. The third-order valence-corrected chi connectivity index (χ3v) is 4.75. The van der Waals surface area contributed by atoms with Crippen LogP contribution in [0.3, 0.4) is 0 Å². The van der Waals surface area contributed by atoms with Crippen molar-refractivity contribution in [1.29, 1.82) is 0 Å². The van der Waals surface area contributed by atoms with Crippen LogP contribution in [0.25, 0.3) is 0 Å². The van der Waals surface area contributed by atoms with Crippen molar-refractivity contribution in [2.24, 2.45) is 0 Å². The largest absolute Gasteiger partial charge is 0.381 e. The van der Waals surface area contributed by atoms with Crippen LogP contribution >= 0.6 is 0 Å². The molecule has 124 valence electrons. The monoisotopic (exact) mass is 322 g/mol. The number of carbonyl (C=O) groups excluding carboxylic acids is 2. The molecule has 2 N–H and O–H groups in total. The van der Waals surface area contributed by atoms with Crippen molar-refractivity contribution >= 4 is 17.4 Å². The van der Waals surface area contributed by atoms with Crippen molar-refractivity contribution in [2.75, 3.05) is 5.32 Å². The fourth-order valence-electron chi connectivity index (χ4n) is 3.55. The van der Waals surface area contributed by atoms with Gasteiger partial charge < -0.3 is 10.6 Å². The lowest BCUT2D eigenvalue weighted by atomic mass is 9.91. The maximum atomic E-state index is 11.9. The van der Waals surface area contributed by atoms with Gasteiger partial charge in [0.15, 0.2) is 5.78 Å². The molecule has 0 aliphatic carbocycles. The minimum absolute atomic E-state index is 0.0183. The van der Waals surface area contributed by atoms with Crippen LogP contribution in [-0.2, 0) is 13.1 Å². The fourth-order valence-corrected chi connectivity index (χ4v) is 3.55. The molecule has 1 amide bonds. The van der Waals surface area contributed by atoms with Gasteiger partial charge in [-0.05, 0) is 67.6 Å². The van der Waals surface area contributed by atoms with Gasteiger partial charge in [0.2, 0.25) is 0 Å². The zero-order chi connectivity index (χ0) is 17.4. The molecule has 0 radical (unpaired) electrons. The lowest BCUT2D eigenvalue weighted by Crippen LogP contribution is -2.12. The molecule has 0 saturated carbocycles. The van der Waals surface area contributed by atoms with Gasteiger partial charge in [0.05, 0.1) is 0 Å². The Bertz CT molecular complexity index is 853. The molecule has 0 atom stereocenters. The van der Waals surface area contributed by atoms with E-state index in [0.717, 1.165) is 39.1 Å². The average molecular weight is 322 g/mol. The molecule has 0 fully saturated rings. The van der Waals surface area contributed by atoms with Gasteiger partial charge in [-0.15, -0.1) is 0 Å². The Labute approximate surface area is 142 Å². The SMILES string of the molecule is CC(=O)c1c(C)cc(C)c(CNc2ccc3c(c2)C(=O)NC3)c1C. The van der Waals surface area contributed by atoms with Gasteiger partial charge in [-0.25, -0.2) is 0 Å². The zero-order valence-electron chi connectivity index (χ0n) is 14.5. The second-order valence-electron chi connectivity index (χ2n) is 6.45. The fraction of sp³-hybridized carbons (Fsp3) is 0.300. The van der Waals surface area contributed by atoms with E-state index in [1.165, 1.54) is 5.56 Å². The molecule has 4 nitrogen and oxygen atoms in total. The highest BCUT2D eigenvalue weighted by Crippen LogP contribution is 2.25. The maximum absolute atomic E-state index is 11.9. The van der Waals surface area contributed by atoms with E-state index in [4.69, 9.17) is 0 Å². The van der Waals surface area contributed by atoms with Crippen LogP contribution in [0.4, 0.5) is 5.69 Å². The smallest absolute Gasteiger partial charge is 0.251 e. The summed E-state index contributed by atoms with van der Waals surface area (Å²) in [5.74, 6) is 0.0793. The molecule has 0 saturated heterocycles. The van der Waals surface area contributed by atoms with Gasteiger partial charge in [0.1, 0.15) is 0 Å². The van der Waals surface area contributed by atoms with Crippen LogP contribution in [0.15, 0.2) is 24.3 Å². The molecule has 0 unspecified atom stereocenters. The lowest BCUT2D eigenvalue weighted by molar-refractivity contribution is 0.0964. The molecule has 4 heteroatoms. The molecule has 3 rings (SSSR count). The van der Waals surface area contributed by atoms with E-state index in [0.29, 0.717) is 13.1 Å². The van der Waals surface area contributed by atoms with E-state index in [1.807, 2.05) is 32.0 Å². The number of anilines is 1. The number of nitrogens with one attached hydrogen (secondary N) is 2. The highest BCUT2D eigenvalue weighted by Gasteiger charge is 2.19. The predicted molar refractivity (Wildman–Crippen MR) is 95.6 cm³/mol. The first-order valence-electron chi connectivity index (χ1n) is 8.14. The Kier molecular flexibility index (Phi) is 4.14. The van der Waals surface area contributed by atoms with Crippen LogP contribution in [0, 0.1) is 20.8 Å². The predicted octanol–water partition coefficient (Wildman–Crippen LogP) is 3.67. The first kappa shape index (κ1) is 16.2. The van der Waals surface area contributed by atoms with E-state index in [2.05, 4.69) is 23.6 Å². The molecule has 2 aromatic carbocycles. The van der Waals surface area contributed by atoms with E-state index in [1.54, 1.807) is 6.92 Å². The Morgan fingerprint density at radius 3 is 2.62 bits per heavy atom. The number of hydrogen-bond donors (Lipinski definition) is 2. The highest BCUT2D eigenvalue weighted by molar-refractivity contribution is 5.99. The van der Waals surface area contributed by atoms with E-state index in [9.17, 15) is 9.59 Å². The Hall–Kier alpha value is -2.62. The summed E-state index contributed by atoms with van der Waals surface area (Å²) in [5, 5.41) is 6.21. The van der Waals surface area contributed by atoms with Crippen molar-refractivity contribution in [2.45, 2.75) is 40.8 Å². The first-order valence-corrected chi connectivity index (χ1v) is 8.14. The average Bonchev–Trinajstić information content (AvgIpc) is 2.87. The number of carbonyl (C=O) groups is 2. The van der Waals surface area contributed by atoms with Crippen molar-refractivity contribution in [3.63, 3.8) is 0 Å². The first-order chi connectivity index (χ1) is 11.4. The van der Waals surface area contributed by atoms with Gasteiger partial charge >= 0.3 is 0 Å². The molecular weight excluding hydrogens is 300 g/mol. The molecule has 0 bridgehead atoms. The molecule has 24 heavy (non-hydrogen) atoms. The Morgan fingerprint density at radius 1 is 1.17 bits per heavy atom. The van der Waals surface area contributed by atoms with E-state index >= 15 is 0 Å². The van der Waals surface area contributed by atoms with Crippen molar-refractivity contribution in [1.82, 2.24) is 5.32 Å². The number of hydrogen-bond acceptors (Lipinski definition) is 3. The minimum Gasteiger partial charge on any atom is -0.381 e. The van der Waals surface area contributed by atoms with Crippen molar-refractivity contribution in [3.05, 3.63) is 63.2 Å². The summed E-state index contributed by atoms with van der Waals surface area (Å²) in [6, 6.07) is 7.93. The molecule has 1 aliphatic rings. The van der Waals surface area contributed by atoms with Crippen molar-refractivity contribution < 1.29 is 9.59 Å². The van der Waals surface area contributed by atoms with Gasteiger partial charge in [-0.2, -0.15) is 0 Å². The number of benzene rings is 2. The molecule has 0 aromatic heterocycles. The summed E-state index contributed by atoms with van der Waals surface area (Å²) in [4.78, 5) is 23.7. The Balaban J connectivity index is 1.88. The van der Waals surface area contributed by atoms with Crippen LogP contribution in [0.5, 0.6) is 0 Å². The van der Waals surface area contributed by atoms with Crippen LogP contribution < -0.4 is 10.6 Å². The van der Waals surface area contributed by atoms with Gasteiger partial charge in [-0.3, -0.25) is 9.59 Å². The summed E-state index contributed by atoms with van der Waals surface area (Å²) in [6.45, 7) is 8.89. The van der Waals surface area contributed by atoms with Gasteiger partial charge in [0.25, 0.3) is 5.91 Å². The van der Waals surface area contributed by atoms with Crippen LogP contribution in [-0.4, -0.2) is 11.7 Å². The number of aryl methyl sites for hydroxylation is 2. The molecule has 1 aliphatic heterocycles. The normalized spacial score (nSPS) is 12.8. The molecular formula is C20H22N2O2. The van der Waals surface area contributed by atoms with E-state index in [-0.39, 0.29) is 11.7 Å². The third kappa shape index (κ3) is 2.80. The summed E-state index contributed by atoms with van der Waals surface area (Å²) < 4.78 is 0. The van der Waals surface area contributed by atoms with Gasteiger partial charge in [0, 0.05) is 29.9 Å². The summed E-state index contributed by atoms with van der Waals surface area (Å²) in [5.41, 5.74) is 7.85. The minimum atomic E-state index is -0.0183. The summed E-state index contributed by atoms with van der Waals surface area (Å²) in [6.07, 6.45) is 0. The number of ketones is 1. The number of fused-ring (bicyclic) bond motifs is 1. The molecule has 1 heterocycles. The quantitative estimate of drug-likeness (QED) is 0.844. The van der Waals surface area contributed by atoms with E-state index < -0.39 is 0 Å². The standard InChI is InChI=1S/C20H22N2O2/c1-11-7-12(2)19(14(4)23)13(3)18(11)10-21-16-6-5-15-9-22-20(24)17(15)8-16/h5-8,21H,9-10H2,1-4H3,(H,22,24). The second kappa shape index (κ2) is 6.11. The topological polar surface area (TPSA) is 58.2 Å². The summed E-state index contributed by atoms with van der Waals surface area (Å²) in [7, 11) is 0. The lowest BCUT2D eigenvalue weighted by Gasteiger charge is -2.17. The maximum Gasteiger partial charge on any atom is 0.251 e. The third-order valence-electron chi connectivity index (χ3n) is 4.75. The zero-order valence-corrected chi connectivity index (χ0v) is 14.5. The second-order valence-corrected chi connectivity index (χ2v) is 6.45. The number of amides is 1. The van der Waals surface area contributed by atoms with Crippen LogP contribution in [0.2, 0.25) is 0 Å². The van der Waals surface area contributed by atoms with Crippen LogP contribution in [0.1, 0.15) is 55.5 Å². The highest BCUT2D eigenvalue weighted by atomic mass is 16.2. The Morgan fingerprint density at radius 2 is 1.92 bits per heavy atom. The van der Waals surface area contributed by atoms with Gasteiger partial charge in [-0.1, -0.05) is 12.1 Å². The molecule has 2 aromatic rings. The van der Waals surface area contributed by atoms with Crippen molar-refractivity contribution in [3.8, 4) is 0 Å². The molecule has 0 spiro atoms. The number of Topliss-reactive ketones (excluding diaryl/α,β-unsaturated/α-hetero) is 1. The summed E-state index contributed by atoms with van der Waals surface area (Å²) >= 11 is 0.